The first-order chi connectivity index (χ1) is 15.7. The van der Waals surface area contributed by atoms with Crippen molar-refractivity contribution in [3.8, 4) is 11.5 Å². The Bertz CT molecular complexity index is 1150. The van der Waals surface area contributed by atoms with Crippen LogP contribution < -0.4 is 5.32 Å². The van der Waals surface area contributed by atoms with Crippen LogP contribution in [0.3, 0.4) is 0 Å². The first-order valence-corrected chi connectivity index (χ1v) is 11.8. The molecule has 2 heterocycles. The number of phenolic OH excluding ortho intramolecular Hbond substituents is 2. The minimum Gasteiger partial charge on any atom is -0.508 e. The molecular formula is C27H36ClN3O3. The number of likely N-dealkylation sites (tertiary alicyclic amines) is 1. The van der Waals surface area contributed by atoms with Gasteiger partial charge in [0.05, 0.1) is 5.56 Å². The summed E-state index contributed by atoms with van der Waals surface area (Å²) in [6.45, 7) is 11.5. The zero-order chi connectivity index (χ0) is 23.8. The number of hydrogen-bond acceptors (Lipinski definition) is 4. The van der Waals surface area contributed by atoms with Crippen LogP contribution in [0.5, 0.6) is 11.5 Å². The molecule has 0 spiro atoms. The zero-order valence-electron chi connectivity index (χ0n) is 20.3. The summed E-state index contributed by atoms with van der Waals surface area (Å²) in [6, 6.07) is 12.7. The minimum absolute atomic E-state index is 0. The molecular weight excluding hydrogens is 450 g/mol. The molecule has 3 atom stereocenters. The van der Waals surface area contributed by atoms with E-state index in [0.29, 0.717) is 17.2 Å². The molecule has 2 aromatic carbocycles. The van der Waals surface area contributed by atoms with Crippen molar-refractivity contribution < 1.29 is 15.0 Å². The summed E-state index contributed by atoms with van der Waals surface area (Å²) >= 11 is 0. The molecule has 184 valence electrons. The molecule has 4 N–H and O–H groups in total. The largest absolute Gasteiger partial charge is 0.508 e. The van der Waals surface area contributed by atoms with Crippen molar-refractivity contribution in [1.82, 2.24) is 15.2 Å². The van der Waals surface area contributed by atoms with E-state index in [1.807, 2.05) is 12.1 Å². The number of carbonyl (C=O) groups excluding carboxylic acids is 1. The predicted molar refractivity (Wildman–Crippen MR) is 139 cm³/mol. The number of benzene rings is 2. The molecule has 0 saturated carbocycles. The number of phenols is 2. The van der Waals surface area contributed by atoms with Crippen LogP contribution in [0, 0.1) is 11.8 Å². The summed E-state index contributed by atoms with van der Waals surface area (Å²) in [5.74, 6) is 1.10. The Morgan fingerprint density at radius 1 is 1.21 bits per heavy atom. The fourth-order valence-electron chi connectivity index (χ4n) is 5.02. The normalized spacial score (nSPS) is 21.9. The maximum atomic E-state index is 13.1. The average Bonchev–Trinajstić information content (AvgIpc) is 3.19. The van der Waals surface area contributed by atoms with Crippen LogP contribution in [0.4, 0.5) is 0 Å². The van der Waals surface area contributed by atoms with Gasteiger partial charge in [-0.2, -0.15) is 0 Å². The number of halogens is 1. The van der Waals surface area contributed by atoms with Crippen molar-refractivity contribution in [3.05, 3.63) is 59.8 Å². The first kappa shape index (κ1) is 25.9. The maximum Gasteiger partial charge on any atom is 0.253 e. The molecule has 0 bridgehead atoms. The smallest absolute Gasteiger partial charge is 0.253 e. The van der Waals surface area contributed by atoms with Crippen LogP contribution in [0.15, 0.2) is 48.7 Å². The van der Waals surface area contributed by atoms with Crippen molar-refractivity contribution in [2.75, 3.05) is 19.6 Å². The van der Waals surface area contributed by atoms with E-state index >= 15 is 0 Å². The lowest BCUT2D eigenvalue weighted by atomic mass is 9.68. The van der Waals surface area contributed by atoms with E-state index in [1.165, 1.54) is 5.56 Å². The number of rotatable bonds is 6. The number of nitrogens with one attached hydrogen (secondary N) is 2. The van der Waals surface area contributed by atoms with E-state index in [-0.39, 0.29) is 41.4 Å². The van der Waals surface area contributed by atoms with Gasteiger partial charge in [-0.25, -0.2) is 0 Å². The Kier molecular flexibility index (Phi) is 7.84. The number of carbonyl (C=O) groups is 1. The van der Waals surface area contributed by atoms with Crippen LogP contribution in [-0.4, -0.2) is 51.7 Å². The van der Waals surface area contributed by atoms with Gasteiger partial charge in [0.15, 0.2) is 0 Å². The molecule has 1 aliphatic rings. The number of amides is 1. The summed E-state index contributed by atoms with van der Waals surface area (Å²) < 4.78 is 0. The quantitative estimate of drug-likeness (QED) is 0.393. The third kappa shape index (κ3) is 5.18. The van der Waals surface area contributed by atoms with E-state index in [1.54, 1.807) is 30.5 Å². The number of aromatic hydroxyl groups is 2. The Hall–Kier alpha value is -2.70. The third-order valence-electron chi connectivity index (χ3n) is 7.56. The Balaban J connectivity index is 0.00000324. The van der Waals surface area contributed by atoms with Crippen molar-refractivity contribution in [2.45, 2.75) is 45.6 Å². The third-order valence-corrected chi connectivity index (χ3v) is 7.56. The topological polar surface area (TPSA) is 88.6 Å². The van der Waals surface area contributed by atoms with E-state index in [4.69, 9.17) is 0 Å². The molecule has 1 saturated heterocycles. The van der Waals surface area contributed by atoms with Gasteiger partial charge in [-0.15, -0.1) is 12.4 Å². The highest BCUT2D eigenvalue weighted by molar-refractivity contribution is 6.07. The summed E-state index contributed by atoms with van der Waals surface area (Å²) in [4.78, 5) is 18.6. The van der Waals surface area contributed by atoms with Gasteiger partial charge in [-0.3, -0.25) is 4.79 Å². The zero-order valence-corrected chi connectivity index (χ0v) is 21.2. The molecule has 1 aromatic heterocycles. The van der Waals surface area contributed by atoms with Gasteiger partial charge in [0.1, 0.15) is 11.5 Å². The monoisotopic (exact) mass is 485 g/mol. The summed E-state index contributed by atoms with van der Waals surface area (Å²) in [5, 5.41) is 23.7. The molecule has 1 aliphatic heterocycles. The second-order valence-corrected chi connectivity index (χ2v) is 10.1. The average molecular weight is 486 g/mol. The molecule has 1 amide bonds. The standard InChI is InChI=1S/C27H35N3O3.ClH/c1-17(2)25(29-26(33)23-14-28-24-13-21(32)8-9-22(23)24)16-30-11-10-27(4,18(3)15-30)19-6-5-7-20(31)12-19;/h5-9,12-14,17-18,25,28,31-32H,10-11,15-16H2,1-4H3,(H,29,33);1H/t18-,25+,27+;/m0./s1. The van der Waals surface area contributed by atoms with Gasteiger partial charge >= 0.3 is 0 Å². The highest BCUT2D eigenvalue weighted by Gasteiger charge is 2.38. The van der Waals surface area contributed by atoms with Crippen molar-refractivity contribution in [1.29, 1.82) is 0 Å². The Labute approximate surface area is 207 Å². The minimum atomic E-state index is -0.0969. The lowest BCUT2D eigenvalue weighted by Crippen LogP contribution is -2.53. The number of aromatic nitrogens is 1. The second-order valence-electron chi connectivity index (χ2n) is 10.1. The maximum absolute atomic E-state index is 13.1. The van der Waals surface area contributed by atoms with Crippen LogP contribution >= 0.6 is 12.4 Å². The number of fused-ring (bicyclic) bond motifs is 1. The number of H-pyrrole nitrogens is 1. The van der Waals surface area contributed by atoms with Gasteiger partial charge in [0.2, 0.25) is 0 Å². The van der Waals surface area contributed by atoms with E-state index in [0.717, 1.165) is 37.0 Å². The van der Waals surface area contributed by atoms with Gasteiger partial charge in [-0.05, 0) is 60.0 Å². The van der Waals surface area contributed by atoms with Crippen LogP contribution in [0.1, 0.15) is 50.0 Å². The fraction of sp³-hybridized carbons (Fsp3) is 0.444. The van der Waals surface area contributed by atoms with Gasteiger partial charge in [0.25, 0.3) is 5.91 Å². The van der Waals surface area contributed by atoms with Crippen LogP contribution in [0.2, 0.25) is 0 Å². The molecule has 1 fully saturated rings. The van der Waals surface area contributed by atoms with Crippen LogP contribution in [0.25, 0.3) is 10.9 Å². The number of aromatic amines is 1. The Morgan fingerprint density at radius 3 is 2.62 bits per heavy atom. The lowest BCUT2D eigenvalue weighted by molar-refractivity contribution is 0.0816. The fourth-order valence-corrected chi connectivity index (χ4v) is 5.02. The SMILES string of the molecule is CC(C)[C@@H](CN1CC[C@@](C)(c2cccc(O)c2)[C@@H](C)C1)NC(=O)c1c[nH]c2cc(O)ccc12.Cl. The molecule has 0 aliphatic carbocycles. The van der Waals surface area contributed by atoms with Crippen LogP contribution in [-0.2, 0) is 5.41 Å². The van der Waals surface area contributed by atoms with E-state index in [9.17, 15) is 15.0 Å². The number of hydrogen-bond donors (Lipinski definition) is 4. The summed E-state index contributed by atoms with van der Waals surface area (Å²) in [7, 11) is 0. The molecule has 0 radical (unpaired) electrons. The number of piperidine rings is 1. The molecule has 34 heavy (non-hydrogen) atoms. The van der Waals surface area contributed by atoms with E-state index < -0.39 is 0 Å². The van der Waals surface area contributed by atoms with Crippen molar-refractivity contribution >= 4 is 29.2 Å². The van der Waals surface area contributed by atoms with E-state index in [2.05, 4.69) is 49.0 Å². The highest BCUT2D eigenvalue weighted by atomic mass is 35.5. The highest BCUT2D eigenvalue weighted by Crippen LogP contribution is 2.40. The lowest BCUT2D eigenvalue weighted by Gasteiger charge is -2.46. The molecule has 3 aromatic rings. The van der Waals surface area contributed by atoms with Crippen molar-refractivity contribution in [3.63, 3.8) is 0 Å². The first-order valence-electron chi connectivity index (χ1n) is 11.8. The number of nitrogens with zero attached hydrogens (tertiary/aromatic N) is 1. The van der Waals surface area contributed by atoms with Gasteiger partial charge in [-0.1, -0.05) is 39.8 Å². The molecule has 0 unspecified atom stereocenters. The molecule has 4 rings (SSSR count). The van der Waals surface area contributed by atoms with Crippen molar-refractivity contribution in [2.24, 2.45) is 11.8 Å². The summed E-state index contributed by atoms with van der Waals surface area (Å²) in [6.07, 6.45) is 2.71. The summed E-state index contributed by atoms with van der Waals surface area (Å²) in [5.41, 5.74) is 2.55. The molecule has 7 heteroatoms. The van der Waals surface area contributed by atoms with Gasteiger partial charge in [0, 0.05) is 42.3 Å². The second kappa shape index (κ2) is 10.3. The predicted octanol–water partition coefficient (Wildman–Crippen LogP) is 5.06. The Morgan fingerprint density at radius 2 is 1.94 bits per heavy atom. The van der Waals surface area contributed by atoms with Gasteiger partial charge < -0.3 is 25.4 Å². The molecule has 6 nitrogen and oxygen atoms in total.